The first-order valence-corrected chi connectivity index (χ1v) is 5.91. The van der Waals surface area contributed by atoms with Crippen LogP contribution in [-0.4, -0.2) is 31.8 Å². The maximum absolute atomic E-state index is 10.5. The van der Waals surface area contributed by atoms with E-state index in [9.17, 15) is 4.79 Å². The summed E-state index contributed by atoms with van der Waals surface area (Å²) < 4.78 is 10.3. The molecule has 0 saturated carbocycles. The minimum Gasteiger partial charge on any atom is -0.495 e. The van der Waals surface area contributed by atoms with Crippen molar-refractivity contribution in [3.05, 3.63) is 28.8 Å². The Kier molecular flexibility index (Phi) is 5.51. The second-order valence-corrected chi connectivity index (χ2v) is 4.28. The minimum absolute atomic E-state index is 0.380. The number of methoxy groups -OCH3 is 2. The lowest BCUT2D eigenvalue weighted by molar-refractivity contribution is -0.131. The van der Waals surface area contributed by atoms with Crippen molar-refractivity contribution < 1.29 is 19.4 Å². The summed E-state index contributed by atoms with van der Waals surface area (Å²) in [5.74, 6) is 0.116. The Morgan fingerprint density at radius 2 is 2.00 bits per heavy atom. The van der Waals surface area contributed by atoms with Crippen molar-refractivity contribution >= 4 is 23.3 Å². The van der Waals surface area contributed by atoms with Gasteiger partial charge in [0.05, 0.1) is 24.9 Å². The lowest BCUT2D eigenvalue weighted by Crippen LogP contribution is -2.06. The highest BCUT2D eigenvalue weighted by Crippen LogP contribution is 2.35. The van der Waals surface area contributed by atoms with E-state index < -0.39 is 5.97 Å². The van der Waals surface area contributed by atoms with Crippen molar-refractivity contribution in [2.24, 2.45) is 0 Å². The van der Waals surface area contributed by atoms with Crippen molar-refractivity contribution in [3.63, 3.8) is 0 Å². The SMILES string of the molecule is COc1cc(OC)c(NC/C(C)=C/C(=O)O)cc1Cl. The summed E-state index contributed by atoms with van der Waals surface area (Å²) in [6.45, 7) is 2.10. The van der Waals surface area contributed by atoms with Crippen LogP contribution in [0.1, 0.15) is 6.92 Å². The van der Waals surface area contributed by atoms with Crippen molar-refractivity contribution in [1.82, 2.24) is 0 Å². The highest BCUT2D eigenvalue weighted by molar-refractivity contribution is 6.32. The van der Waals surface area contributed by atoms with Crippen molar-refractivity contribution in [3.8, 4) is 11.5 Å². The summed E-state index contributed by atoms with van der Waals surface area (Å²) in [6, 6.07) is 3.34. The van der Waals surface area contributed by atoms with Gasteiger partial charge < -0.3 is 19.9 Å². The van der Waals surface area contributed by atoms with Crippen molar-refractivity contribution in [1.29, 1.82) is 0 Å². The molecule has 6 heteroatoms. The van der Waals surface area contributed by atoms with E-state index in [-0.39, 0.29) is 0 Å². The number of carbonyl (C=O) groups is 1. The van der Waals surface area contributed by atoms with Crippen LogP contribution in [0.2, 0.25) is 5.02 Å². The third-order valence-corrected chi connectivity index (χ3v) is 2.70. The number of halogens is 1. The fourth-order valence-corrected chi connectivity index (χ4v) is 1.74. The first kappa shape index (κ1) is 15.2. The van der Waals surface area contributed by atoms with Gasteiger partial charge in [0.1, 0.15) is 11.5 Å². The first-order valence-electron chi connectivity index (χ1n) is 5.53. The van der Waals surface area contributed by atoms with E-state index in [1.807, 2.05) is 0 Å². The van der Waals surface area contributed by atoms with Crippen LogP contribution < -0.4 is 14.8 Å². The third-order valence-electron chi connectivity index (χ3n) is 2.40. The minimum atomic E-state index is -0.973. The Bertz CT molecular complexity index is 500. The van der Waals surface area contributed by atoms with Crippen molar-refractivity contribution in [2.75, 3.05) is 26.1 Å². The molecule has 0 fully saturated rings. The zero-order valence-electron chi connectivity index (χ0n) is 11.0. The number of nitrogens with one attached hydrogen (secondary N) is 1. The molecule has 2 N–H and O–H groups in total. The normalized spacial score (nSPS) is 11.1. The maximum atomic E-state index is 10.5. The Hall–Kier alpha value is -1.88. The fraction of sp³-hybridized carbons (Fsp3) is 0.308. The van der Waals surface area contributed by atoms with Crippen molar-refractivity contribution in [2.45, 2.75) is 6.92 Å². The van der Waals surface area contributed by atoms with Gasteiger partial charge >= 0.3 is 5.97 Å². The average Bonchev–Trinajstić information content (AvgIpc) is 2.35. The summed E-state index contributed by atoms with van der Waals surface area (Å²) in [7, 11) is 3.06. The molecule has 0 aliphatic carbocycles. The summed E-state index contributed by atoms with van der Waals surface area (Å²) in [4.78, 5) is 10.5. The second kappa shape index (κ2) is 6.89. The lowest BCUT2D eigenvalue weighted by atomic mass is 10.2. The molecule has 5 nitrogen and oxygen atoms in total. The number of ether oxygens (including phenoxy) is 2. The van der Waals surface area contributed by atoms with Crippen LogP contribution in [0.4, 0.5) is 5.69 Å². The van der Waals surface area contributed by atoms with E-state index in [2.05, 4.69) is 5.32 Å². The highest BCUT2D eigenvalue weighted by atomic mass is 35.5. The highest BCUT2D eigenvalue weighted by Gasteiger charge is 2.09. The first-order chi connectivity index (χ1) is 8.97. The number of carboxylic acid groups (broad SMARTS) is 1. The van der Waals surface area contributed by atoms with Crippen LogP contribution in [0.25, 0.3) is 0 Å². The molecular formula is C13H16ClNO4. The Balaban J connectivity index is 2.89. The Labute approximate surface area is 116 Å². The van der Waals surface area contributed by atoms with Crippen LogP contribution in [-0.2, 0) is 4.79 Å². The van der Waals surface area contributed by atoms with E-state index in [1.165, 1.54) is 14.2 Å². The molecule has 1 rings (SSSR count). The number of hydrogen-bond donors (Lipinski definition) is 2. The molecule has 0 aliphatic rings. The van der Waals surface area contributed by atoms with Gasteiger partial charge in [0, 0.05) is 18.7 Å². The number of aliphatic carboxylic acids is 1. The lowest BCUT2D eigenvalue weighted by Gasteiger charge is -2.13. The van der Waals surface area contributed by atoms with Crippen LogP contribution in [0, 0.1) is 0 Å². The molecule has 0 radical (unpaired) electrons. The summed E-state index contributed by atoms with van der Waals surface area (Å²) in [5.41, 5.74) is 1.35. The average molecular weight is 286 g/mol. The molecule has 1 aromatic carbocycles. The number of carboxylic acids is 1. The van der Waals surface area contributed by atoms with Gasteiger partial charge in [-0.05, 0) is 18.6 Å². The van der Waals surface area contributed by atoms with Crippen LogP contribution in [0.3, 0.4) is 0 Å². The predicted molar refractivity (Wildman–Crippen MR) is 74.4 cm³/mol. The van der Waals surface area contributed by atoms with Gasteiger partial charge in [-0.2, -0.15) is 0 Å². The van der Waals surface area contributed by atoms with Crippen LogP contribution >= 0.6 is 11.6 Å². The number of hydrogen-bond acceptors (Lipinski definition) is 4. The molecule has 0 saturated heterocycles. The number of benzene rings is 1. The van der Waals surface area contributed by atoms with E-state index >= 15 is 0 Å². The van der Waals surface area contributed by atoms with E-state index in [0.717, 1.165) is 6.08 Å². The maximum Gasteiger partial charge on any atom is 0.328 e. The van der Waals surface area contributed by atoms with E-state index in [4.69, 9.17) is 26.2 Å². The molecule has 0 amide bonds. The number of rotatable bonds is 6. The van der Waals surface area contributed by atoms with Gasteiger partial charge in [0.2, 0.25) is 0 Å². The van der Waals surface area contributed by atoms with Gasteiger partial charge in [-0.3, -0.25) is 0 Å². The zero-order chi connectivity index (χ0) is 14.4. The van der Waals surface area contributed by atoms with Crippen LogP contribution in [0.15, 0.2) is 23.8 Å². The summed E-state index contributed by atoms with van der Waals surface area (Å²) in [5, 5.41) is 12.1. The largest absolute Gasteiger partial charge is 0.495 e. The molecular weight excluding hydrogens is 270 g/mol. The van der Waals surface area contributed by atoms with Gasteiger partial charge in [-0.1, -0.05) is 11.6 Å². The molecule has 1 aromatic rings. The zero-order valence-corrected chi connectivity index (χ0v) is 11.7. The summed E-state index contributed by atoms with van der Waals surface area (Å²) in [6.07, 6.45) is 1.14. The fourth-order valence-electron chi connectivity index (χ4n) is 1.49. The molecule has 104 valence electrons. The third kappa shape index (κ3) is 4.37. The molecule has 0 spiro atoms. The number of anilines is 1. The molecule has 0 heterocycles. The molecule has 19 heavy (non-hydrogen) atoms. The quantitative estimate of drug-likeness (QED) is 0.787. The van der Waals surface area contributed by atoms with Gasteiger partial charge in [-0.15, -0.1) is 0 Å². The van der Waals surface area contributed by atoms with Crippen LogP contribution in [0.5, 0.6) is 11.5 Å². The standard InChI is InChI=1S/C13H16ClNO4/c1-8(4-13(16)17)7-15-10-5-9(14)11(18-2)6-12(10)19-3/h4-6,15H,7H2,1-3H3,(H,16,17)/b8-4+. The molecule has 0 unspecified atom stereocenters. The Morgan fingerprint density at radius 1 is 1.37 bits per heavy atom. The smallest absolute Gasteiger partial charge is 0.328 e. The summed E-state index contributed by atoms with van der Waals surface area (Å²) >= 11 is 6.03. The second-order valence-electron chi connectivity index (χ2n) is 3.87. The monoisotopic (exact) mass is 285 g/mol. The molecule has 0 aliphatic heterocycles. The molecule has 0 atom stereocenters. The molecule has 0 bridgehead atoms. The van der Waals surface area contributed by atoms with Gasteiger partial charge in [-0.25, -0.2) is 4.79 Å². The predicted octanol–water partition coefficient (Wildman–Crippen LogP) is 2.80. The topological polar surface area (TPSA) is 67.8 Å². The van der Waals surface area contributed by atoms with Gasteiger partial charge in [0.15, 0.2) is 0 Å². The van der Waals surface area contributed by atoms with Gasteiger partial charge in [0.25, 0.3) is 0 Å². The van der Waals surface area contributed by atoms with E-state index in [1.54, 1.807) is 19.1 Å². The Morgan fingerprint density at radius 3 is 2.53 bits per heavy atom. The van der Waals surface area contributed by atoms with E-state index in [0.29, 0.717) is 34.3 Å². The molecule has 0 aromatic heterocycles.